The van der Waals surface area contributed by atoms with Crippen molar-refractivity contribution in [3.63, 3.8) is 0 Å². The molecule has 8 nitrogen and oxygen atoms in total. The van der Waals surface area contributed by atoms with Crippen LogP contribution in [-0.4, -0.2) is 68.5 Å². The summed E-state index contributed by atoms with van der Waals surface area (Å²) in [4.78, 5) is 25.3. The molecule has 0 saturated carbocycles. The Hall–Kier alpha value is -0.760. The van der Waals surface area contributed by atoms with Crippen LogP contribution in [0.1, 0.15) is 206 Å². The van der Waals surface area contributed by atoms with Gasteiger partial charge in [-0.3, -0.25) is 9.36 Å². The van der Waals surface area contributed by atoms with E-state index in [4.69, 9.17) is 9.05 Å². The fourth-order valence-electron chi connectivity index (χ4n) is 6.45. The molecule has 310 valence electrons. The third-order valence-corrected chi connectivity index (χ3v) is 11.0. The van der Waals surface area contributed by atoms with Gasteiger partial charge in [-0.05, 0) is 38.5 Å². The van der Waals surface area contributed by atoms with E-state index in [-0.39, 0.29) is 19.1 Å². The normalized spacial score (nSPS) is 14.5. The number of hydrogen-bond acceptors (Lipinski definition) is 6. The molecule has 2 N–H and O–H groups in total. The zero-order valence-corrected chi connectivity index (χ0v) is 35.9. The third-order valence-electron chi connectivity index (χ3n) is 10.0. The van der Waals surface area contributed by atoms with Crippen molar-refractivity contribution in [2.24, 2.45) is 0 Å². The third kappa shape index (κ3) is 37.6. The van der Waals surface area contributed by atoms with Crippen molar-refractivity contribution in [1.82, 2.24) is 5.32 Å². The van der Waals surface area contributed by atoms with Crippen molar-refractivity contribution in [1.29, 1.82) is 0 Å². The van der Waals surface area contributed by atoms with E-state index in [1.807, 2.05) is 21.1 Å². The molecule has 0 aliphatic rings. The quantitative estimate of drug-likeness (QED) is 0.0279. The van der Waals surface area contributed by atoms with E-state index in [0.717, 1.165) is 38.5 Å². The number of carbonyl (C=O) groups is 1. The van der Waals surface area contributed by atoms with Crippen LogP contribution < -0.4 is 10.2 Å². The van der Waals surface area contributed by atoms with E-state index in [1.54, 1.807) is 0 Å². The number of aliphatic hydroxyl groups excluding tert-OH is 1. The second kappa shape index (κ2) is 35.9. The van der Waals surface area contributed by atoms with Gasteiger partial charge in [0.25, 0.3) is 7.82 Å². The molecule has 0 rings (SSSR count). The number of amides is 1. The van der Waals surface area contributed by atoms with Gasteiger partial charge in [-0.1, -0.05) is 174 Å². The standard InChI is InChI=1S/C43H87N2O6P/c1-6-8-10-12-14-16-18-20-21-22-23-25-27-29-31-33-35-37-43(47)44-41(40-51-52(48,49)50-39-38-45(3,4)5)42(46)36-34-32-30-28-26-24-19-17-15-13-11-9-7-2/h20-21,41-42,46H,6-19,22-40H2,1-5H3,(H-,44,47,48,49)/b21-20-. The van der Waals surface area contributed by atoms with Gasteiger partial charge in [0.2, 0.25) is 5.91 Å². The molecule has 9 heteroatoms. The fourth-order valence-corrected chi connectivity index (χ4v) is 7.17. The topological polar surface area (TPSA) is 108 Å². The molecule has 52 heavy (non-hydrogen) atoms. The molecule has 1 amide bonds. The van der Waals surface area contributed by atoms with Crippen LogP contribution in [0.25, 0.3) is 0 Å². The predicted molar refractivity (Wildman–Crippen MR) is 219 cm³/mol. The minimum absolute atomic E-state index is 0.0131. The Bertz CT molecular complexity index is 865. The Morgan fingerprint density at radius 1 is 0.654 bits per heavy atom. The Labute approximate surface area is 322 Å². The Balaban J connectivity index is 4.36. The van der Waals surface area contributed by atoms with Crippen molar-refractivity contribution in [2.45, 2.75) is 219 Å². The number of likely N-dealkylation sites (N-methyl/N-ethyl adjacent to an activating group) is 1. The number of allylic oxidation sites excluding steroid dienone is 2. The largest absolute Gasteiger partial charge is 0.756 e. The van der Waals surface area contributed by atoms with Crippen molar-refractivity contribution in [3.8, 4) is 0 Å². The Morgan fingerprint density at radius 3 is 1.50 bits per heavy atom. The molecular weight excluding hydrogens is 671 g/mol. The molecule has 0 saturated heterocycles. The average molecular weight is 759 g/mol. The lowest BCUT2D eigenvalue weighted by Crippen LogP contribution is -2.46. The summed E-state index contributed by atoms with van der Waals surface area (Å²) in [6.07, 6.45) is 39.2. The molecule has 0 heterocycles. The SMILES string of the molecule is CCCCCCCC/C=C\CCCCCCCCCC(=O)NC(COP(=O)([O-])OCC[N+](C)(C)C)C(O)CCCCCCCCCCCCCCC. The van der Waals surface area contributed by atoms with Crippen LogP contribution in [0.5, 0.6) is 0 Å². The van der Waals surface area contributed by atoms with Gasteiger partial charge in [0.15, 0.2) is 0 Å². The van der Waals surface area contributed by atoms with Crippen LogP contribution in [0.4, 0.5) is 0 Å². The summed E-state index contributed by atoms with van der Waals surface area (Å²) in [5.41, 5.74) is 0. The first kappa shape index (κ1) is 51.2. The number of unbranched alkanes of at least 4 members (excludes halogenated alkanes) is 25. The molecular formula is C43H87N2O6P. The maximum atomic E-state index is 12.8. The molecule has 3 atom stereocenters. The minimum Gasteiger partial charge on any atom is -0.756 e. The van der Waals surface area contributed by atoms with Crippen molar-refractivity contribution < 1.29 is 32.9 Å². The highest BCUT2D eigenvalue weighted by Gasteiger charge is 2.24. The zero-order valence-electron chi connectivity index (χ0n) is 35.0. The van der Waals surface area contributed by atoms with Gasteiger partial charge in [0.05, 0.1) is 39.9 Å². The molecule has 0 bridgehead atoms. The second-order valence-electron chi connectivity index (χ2n) is 16.4. The first-order valence-electron chi connectivity index (χ1n) is 22.0. The van der Waals surface area contributed by atoms with E-state index >= 15 is 0 Å². The molecule has 3 unspecified atom stereocenters. The molecule has 0 aromatic heterocycles. The first-order chi connectivity index (χ1) is 25.0. The number of phosphoric ester groups is 1. The van der Waals surface area contributed by atoms with E-state index < -0.39 is 20.0 Å². The Morgan fingerprint density at radius 2 is 1.06 bits per heavy atom. The van der Waals surface area contributed by atoms with Gasteiger partial charge in [-0.25, -0.2) is 0 Å². The van der Waals surface area contributed by atoms with Crippen LogP contribution >= 0.6 is 7.82 Å². The zero-order chi connectivity index (χ0) is 38.6. The van der Waals surface area contributed by atoms with Crippen LogP contribution in [0, 0.1) is 0 Å². The maximum absolute atomic E-state index is 12.8. The van der Waals surface area contributed by atoms with Crippen LogP contribution in [0.15, 0.2) is 12.2 Å². The second-order valence-corrected chi connectivity index (χ2v) is 17.8. The summed E-state index contributed by atoms with van der Waals surface area (Å²) in [6.45, 7) is 4.71. The lowest BCUT2D eigenvalue weighted by molar-refractivity contribution is -0.870. The Kier molecular flexibility index (Phi) is 35.4. The van der Waals surface area contributed by atoms with Gasteiger partial charge in [0, 0.05) is 6.42 Å². The minimum atomic E-state index is -4.56. The van der Waals surface area contributed by atoms with E-state index in [1.165, 1.54) is 141 Å². The predicted octanol–water partition coefficient (Wildman–Crippen LogP) is 11.3. The van der Waals surface area contributed by atoms with Gasteiger partial charge < -0.3 is 28.8 Å². The van der Waals surface area contributed by atoms with Gasteiger partial charge in [-0.15, -0.1) is 0 Å². The molecule has 0 aliphatic heterocycles. The highest BCUT2D eigenvalue weighted by Crippen LogP contribution is 2.38. The molecule has 0 radical (unpaired) electrons. The lowest BCUT2D eigenvalue weighted by atomic mass is 10.0. The van der Waals surface area contributed by atoms with Crippen molar-refractivity contribution in [3.05, 3.63) is 12.2 Å². The summed E-state index contributed by atoms with van der Waals surface area (Å²) in [5.74, 6) is -0.169. The van der Waals surface area contributed by atoms with E-state index in [0.29, 0.717) is 23.9 Å². The van der Waals surface area contributed by atoms with E-state index in [2.05, 4.69) is 31.3 Å². The molecule has 0 spiro atoms. The highest BCUT2D eigenvalue weighted by molar-refractivity contribution is 7.45. The first-order valence-corrected chi connectivity index (χ1v) is 23.5. The average Bonchev–Trinajstić information content (AvgIpc) is 3.09. The summed E-state index contributed by atoms with van der Waals surface area (Å²) >= 11 is 0. The molecule has 0 aromatic carbocycles. The summed E-state index contributed by atoms with van der Waals surface area (Å²) in [5, 5.41) is 13.9. The van der Waals surface area contributed by atoms with Gasteiger partial charge in [0.1, 0.15) is 13.2 Å². The highest BCUT2D eigenvalue weighted by atomic mass is 31.2. The number of hydrogen-bond donors (Lipinski definition) is 2. The number of carbonyl (C=O) groups excluding carboxylic acids is 1. The number of aliphatic hydroxyl groups is 1. The van der Waals surface area contributed by atoms with Crippen LogP contribution in [0.2, 0.25) is 0 Å². The number of rotatable bonds is 40. The maximum Gasteiger partial charge on any atom is 0.268 e. The van der Waals surface area contributed by atoms with Gasteiger partial charge in [-0.2, -0.15) is 0 Å². The number of phosphoric acid groups is 1. The number of quaternary nitrogens is 1. The summed E-state index contributed by atoms with van der Waals surface area (Å²) in [7, 11) is 1.31. The summed E-state index contributed by atoms with van der Waals surface area (Å²) in [6, 6.07) is -0.797. The molecule has 0 aromatic rings. The lowest BCUT2D eigenvalue weighted by Gasteiger charge is -2.30. The van der Waals surface area contributed by atoms with E-state index in [9.17, 15) is 19.4 Å². The smallest absolute Gasteiger partial charge is 0.268 e. The number of nitrogens with zero attached hydrogens (tertiary/aromatic N) is 1. The summed E-state index contributed by atoms with van der Waals surface area (Å²) < 4.78 is 23.2. The van der Waals surface area contributed by atoms with Crippen molar-refractivity contribution in [2.75, 3.05) is 40.9 Å². The van der Waals surface area contributed by atoms with Gasteiger partial charge >= 0.3 is 0 Å². The molecule has 0 fully saturated rings. The van der Waals surface area contributed by atoms with Crippen molar-refractivity contribution >= 4 is 13.7 Å². The van der Waals surface area contributed by atoms with Crippen LogP contribution in [-0.2, 0) is 18.4 Å². The van der Waals surface area contributed by atoms with Crippen LogP contribution in [0.3, 0.4) is 0 Å². The number of nitrogens with one attached hydrogen (secondary N) is 1. The molecule has 0 aliphatic carbocycles. The fraction of sp³-hybridized carbons (Fsp3) is 0.930. The monoisotopic (exact) mass is 759 g/mol.